The molecule has 1 heterocycles. The van der Waals surface area contributed by atoms with Crippen LogP contribution in [0.2, 0.25) is 0 Å². The Morgan fingerprint density at radius 2 is 1.92 bits per heavy atom. The second-order valence-electron chi connectivity index (χ2n) is 11.4. The van der Waals surface area contributed by atoms with Gasteiger partial charge in [-0.05, 0) is 84.7 Å². The first kappa shape index (κ1) is 27.1. The highest BCUT2D eigenvalue weighted by molar-refractivity contribution is 5.94. The van der Waals surface area contributed by atoms with E-state index in [1.807, 2.05) is 26.1 Å². The SMILES string of the molecule is COc1ccc(C(=O)N[C@H]2CC[C@]3(C)CCC([C@H](C)C(=O)N(C)Cc4cccnc4)[C@H](O)[C@H]3[C@@H]2C)cc1. The van der Waals surface area contributed by atoms with Gasteiger partial charge in [-0.2, -0.15) is 0 Å². The zero-order chi connectivity index (χ0) is 26.7. The van der Waals surface area contributed by atoms with Crippen molar-refractivity contribution in [1.82, 2.24) is 15.2 Å². The molecule has 7 nitrogen and oxygen atoms in total. The molecule has 0 radical (unpaired) electrons. The Balaban J connectivity index is 1.44. The molecule has 2 aromatic rings. The highest BCUT2D eigenvalue weighted by Crippen LogP contribution is 2.55. The van der Waals surface area contributed by atoms with Crippen LogP contribution in [0.3, 0.4) is 0 Å². The molecule has 0 spiro atoms. The number of benzene rings is 1. The minimum atomic E-state index is -0.597. The van der Waals surface area contributed by atoms with Gasteiger partial charge in [0, 0.05) is 43.5 Å². The summed E-state index contributed by atoms with van der Waals surface area (Å²) in [5, 5.41) is 14.9. The zero-order valence-corrected chi connectivity index (χ0v) is 22.7. The first-order valence-corrected chi connectivity index (χ1v) is 13.4. The van der Waals surface area contributed by atoms with Crippen molar-refractivity contribution < 1.29 is 19.4 Å². The van der Waals surface area contributed by atoms with Crippen LogP contribution in [0, 0.1) is 29.1 Å². The maximum atomic E-state index is 13.4. The molecule has 2 aliphatic rings. The van der Waals surface area contributed by atoms with Crippen molar-refractivity contribution in [3.63, 3.8) is 0 Å². The second kappa shape index (κ2) is 11.2. The molecule has 0 aliphatic heterocycles. The van der Waals surface area contributed by atoms with Gasteiger partial charge in [0.05, 0.1) is 13.2 Å². The summed E-state index contributed by atoms with van der Waals surface area (Å²) in [4.78, 5) is 32.2. The number of hydrogen-bond donors (Lipinski definition) is 2. The third-order valence-corrected chi connectivity index (χ3v) is 9.11. The maximum absolute atomic E-state index is 13.4. The van der Waals surface area contributed by atoms with E-state index in [2.05, 4.69) is 24.1 Å². The van der Waals surface area contributed by atoms with Crippen LogP contribution in [0.15, 0.2) is 48.8 Å². The van der Waals surface area contributed by atoms with Crippen LogP contribution in [0.1, 0.15) is 62.4 Å². The fourth-order valence-electron chi connectivity index (χ4n) is 6.87. The molecule has 200 valence electrons. The predicted molar refractivity (Wildman–Crippen MR) is 143 cm³/mol. The van der Waals surface area contributed by atoms with Gasteiger partial charge in [0.2, 0.25) is 5.91 Å². The van der Waals surface area contributed by atoms with Crippen molar-refractivity contribution >= 4 is 11.8 Å². The molecule has 0 saturated heterocycles. The number of ether oxygens (including phenoxy) is 1. The smallest absolute Gasteiger partial charge is 0.251 e. The number of nitrogens with one attached hydrogen (secondary N) is 1. The molecule has 1 aromatic carbocycles. The normalized spacial score (nSPS) is 30.1. The van der Waals surface area contributed by atoms with Gasteiger partial charge in [-0.1, -0.05) is 26.8 Å². The van der Waals surface area contributed by atoms with Gasteiger partial charge in [-0.15, -0.1) is 0 Å². The lowest BCUT2D eigenvalue weighted by Crippen LogP contribution is -2.58. The Kier molecular flexibility index (Phi) is 8.22. The summed E-state index contributed by atoms with van der Waals surface area (Å²) in [5.41, 5.74) is 1.58. The number of fused-ring (bicyclic) bond motifs is 1. The number of aromatic nitrogens is 1. The highest BCUT2D eigenvalue weighted by atomic mass is 16.5. The minimum absolute atomic E-state index is 0.00104. The van der Waals surface area contributed by atoms with Gasteiger partial charge < -0.3 is 20.1 Å². The largest absolute Gasteiger partial charge is 0.497 e. The van der Waals surface area contributed by atoms with Crippen LogP contribution >= 0.6 is 0 Å². The second-order valence-corrected chi connectivity index (χ2v) is 11.4. The summed E-state index contributed by atoms with van der Waals surface area (Å²) in [5.74, 6) is 0.358. The third kappa shape index (κ3) is 5.66. The number of amides is 2. The molecule has 2 fully saturated rings. The summed E-state index contributed by atoms with van der Waals surface area (Å²) in [6, 6.07) is 10.9. The summed E-state index contributed by atoms with van der Waals surface area (Å²) in [6.45, 7) is 6.87. The fourth-order valence-corrected chi connectivity index (χ4v) is 6.87. The first-order chi connectivity index (χ1) is 17.6. The highest BCUT2D eigenvalue weighted by Gasteiger charge is 2.54. The van der Waals surface area contributed by atoms with Crippen molar-refractivity contribution in [2.24, 2.45) is 29.1 Å². The van der Waals surface area contributed by atoms with E-state index >= 15 is 0 Å². The Morgan fingerprint density at radius 1 is 1.22 bits per heavy atom. The van der Waals surface area contributed by atoms with Gasteiger partial charge >= 0.3 is 0 Å². The van der Waals surface area contributed by atoms with Gasteiger partial charge in [0.15, 0.2) is 0 Å². The number of rotatable bonds is 7. The predicted octanol–water partition coefficient (Wildman–Crippen LogP) is 4.31. The van der Waals surface area contributed by atoms with E-state index in [0.29, 0.717) is 17.9 Å². The number of pyridine rings is 1. The average Bonchev–Trinajstić information content (AvgIpc) is 2.90. The van der Waals surface area contributed by atoms with Gasteiger partial charge in [-0.3, -0.25) is 14.6 Å². The van der Waals surface area contributed by atoms with Crippen LogP contribution in [-0.4, -0.2) is 53.1 Å². The van der Waals surface area contributed by atoms with E-state index in [4.69, 9.17) is 4.74 Å². The number of nitrogens with zero attached hydrogens (tertiary/aromatic N) is 2. The molecule has 7 atom stereocenters. The van der Waals surface area contributed by atoms with E-state index in [-0.39, 0.29) is 46.9 Å². The van der Waals surface area contributed by atoms with E-state index in [1.165, 1.54) is 0 Å². The van der Waals surface area contributed by atoms with Crippen LogP contribution in [0.25, 0.3) is 0 Å². The summed E-state index contributed by atoms with van der Waals surface area (Å²) in [6.07, 6.45) is 6.55. The van der Waals surface area contributed by atoms with Crippen molar-refractivity contribution in [2.45, 2.75) is 65.1 Å². The molecule has 7 heteroatoms. The van der Waals surface area contributed by atoms with Crippen LogP contribution in [0.5, 0.6) is 5.75 Å². The van der Waals surface area contributed by atoms with E-state index in [1.54, 1.807) is 48.7 Å². The molecule has 1 aromatic heterocycles. The average molecular weight is 508 g/mol. The van der Waals surface area contributed by atoms with Crippen molar-refractivity contribution in [3.05, 3.63) is 59.9 Å². The Labute approximate surface area is 220 Å². The molecule has 2 saturated carbocycles. The minimum Gasteiger partial charge on any atom is -0.497 e. The van der Waals surface area contributed by atoms with E-state index in [9.17, 15) is 14.7 Å². The molecular formula is C30H41N3O4. The van der Waals surface area contributed by atoms with Crippen LogP contribution in [0.4, 0.5) is 0 Å². The topological polar surface area (TPSA) is 91.8 Å². The lowest BCUT2D eigenvalue weighted by atomic mass is 9.51. The number of methoxy groups -OCH3 is 1. The van der Waals surface area contributed by atoms with Crippen LogP contribution < -0.4 is 10.1 Å². The Bertz CT molecular complexity index is 1080. The first-order valence-electron chi connectivity index (χ1n) is 13.4. The number of hydrogen-bond acceptors (Lipinski definition) is 5. The van der Waals surface area contributed by atoms with Gasteiger partial charge in [0.25, 0.3) is 5.91 Å². The third-order valence-electron chi connectivity index (χ3n) is 9.11. The number of aliphatic hydroxyl groups excluding tert-OH is 1. The molecule has 4 rings (SSSR count). The molecule has 2 aliphatic carbocycles. The summed E-state index contributed by atoms with van der Waals surface area (Å²) >= 11 is 0. The van der Waals surface area contributed by atoms with E-state index < -0.39 is 6.10 Å². The summed E-state index contributed by atoms with van der Waals surface area (Å²) < 4.78 is 5.20. The van der Waals surface area contributed by atoms with Crippen molar-refractivity contribution in [1.29, 1.82) is 0 Å². The number of carbonyl (C=O) groups is 2. The number of aliphatic hydroxyl groups is 1. The van der Waals surface area contributed by atoms with Crippen molar-refractivity contribution in [3.8, 4) is 5.75 Å². The van der Waals surface area contributed by atoms with E-state index in [0.717, 1.165) is 31.2 Å². The van der Waals surface area contributed by atoms with Gasteiger partial charge in [0.1, 0.15) is 5.75 Å². The number of carbonyl (C=O) groups excluding carboxylic acids is 2. The summed E-state index contributed by atoms with van der Waals surface area (Å²) in [7, 11) is 3.42. The Morgan fingerprint density at radius 3 is 2.57 bits per heavy atom. The molecular weight excluding hydrogens is 466 g/mol. The Hall–Kier alpha value is -2.93. The lowest BCUT2D eigenvalue weighted by Gasteiger charge is -2.56. The zero-order valence-electron chi connectivity index (χ0n) is 22.7. The molecule has 37 heavy (non-hydrogen) atoms. The molecule has 0 bridgehead atoms. The van der Waals surface area contributed by atoms with Crippen molar-refractivity contribution in [2.75, 3.05) is 14.2 Å². The maximum Gasteiger partial charge on any atom is 0.251 e. The molecule has 1 unspecified atom stereocenters. The quantitative estimate of drug-likeness (QED) is 0.583. The van der Waals surface area contributed by atoms with Gasteiger partial charge in [-0.25, -0.2) is 0 Å². The molecule has 2 N–H and O–H groups in total. The standard InChI is InChI=1S/C30H41N3O4/c1-19(29(36)33(4)18-21-7-6-16-31-17-21)24-12-14-30(3)15-13-25(20(2)26(30)27(24)34)32-28(35)22-8-10-23(37-5)11-9-22/h6-11,16-17,19-20,24-27,34H,12-15,18H2,1-5H3,(H,32,35)/t19-,20+,24?,25-,26+,27-,30-/m0/s1. The van der Waals surface area contributed by atoms with Crippen LogP contribution in [-0.2, 0) is 11.3 Å². The monoisotopic (exact) mass is 507 g/mol. The lowest BCUT2D eigenvalue weighted by molar-refractivity contribution is -0.149. The molecule has 2 amide bonds. The fraction of sp³-hybridized carbons (Fsp3) is 0.567.